The molecule has 0 atom stereocenters. The SMILES string of the molecule is Cc1cnc(=S)[nH]c1-c1ccc(Br)c(Cl)c1F. The molecule has 0 amide bonds. The first-order valence-corrected chi connectivity index (χ1v) is 6.28. The third kappa shape index (κ3) is 2.41. The van der Waals surface area contributed by atoms with Crippen LogP contribution in [-0.2, 0) is 0 Å². The molecule has 0 bridgehead atoms. The van der Waals surface area contributed by atoms with Crippen LogP contribution < -0.4 is 0 Å². The highest BCUT2D eigenvalue weighted by molar-refractivity contribution is 9.10. The number of hydrogen-bond acceptors (Lipinski definition) is 2. The Bertz CT molecular complexity index is 642. The van der Waals surface area contributed by atoms with Gasteiger partial charge in [-0.05, 0) is 52.8 Å². The second-order valence-electron chi connectivity index (χ2n) is 3.47. The van der Waals surface area contributed by atoms with Gasteiger partial charge in [0.25, 0.3) is 0 Å². The van der Waals surface area contributed by atoms with Gasteiger partial charge in [-0.3, -0.25) is 0 Å². The van der Waals surface area contributed by atoms with E-state index in [0.717, 1.165) is 5.56 Å². The molecule has 0 aliphatic rings. The number of halogens is 3. The number of benzene rings is 1. The van der Waals surface area contributed by atoms with Crippen molar-refractivity contribution in [2.45, 2.75) is 6.92 Å². The molecule has 0 aliphatic heterocycles. The molecular formula is C11H7BrClFN2S. The number of rotatable bonds is 1. The average molecular weight is 334 g/mol. The van der Waals surface area contributed by atoms with Crippen molar-refractivity contribution in [3.05, 3.63) is 44.0 Å². The van der Waals surface area contributed by atoms with Gasteiger partial charge in [0, 0.05) is 16.2 Å². The van der Waals surface area contributed by atoms with Gasteiger partial charge < -0.3 is 4.98 Å². The van der Waals surface area contributed by atoms with Crippen molar-refractivity contribution in [1.29, 1.82) is 0 Å². The first kappa shape index (κ1) is 12.7. The van der Waals surface area contributed by atoms with Crippen LogP contribution in [-0.4, -0.2) is 9.97 Å². The lowest BCUT2D eigenvalue weighted by molar-refractivity contribution is 0.630. The quantitative estimate of drug-likeness (QED) is 0.607. The number of hydrogen-bond donors (Lipinski definition) is 1. The number of H-pyrrole nitrogens is 1. The zero-order valence-corrected chi connectivity index (χ0v) is 11.9. The summed E-state index contributed by atoms with van der Waals surface area (Å²) in [6, 6.07) is 3.33. The summed E-state index contributed by atoms with van der Waals surface area (Å²) in [5.41, 5.74) is 1.77. The molecule has 0 saturated carbocycles. The van der Waals surface area contributed by atoms with Gasteiger partial charge in [-0.25, -0.2) is 9.37 Å². The van der Waals surface area contributed by atoms with E-state index in [-0.39, 0.29) is 5.02 Å². The molecule has 1 N–H and O–H groups in total. The topological polar surface area (TPSA) is 28.7 Å². The lowest BCUT2D eigenvalue weighted by Crippen LogP contribution is -1.95. The van der Waals surface area contributed by atoms with Crippen molar-refractivity contribution in [3.8, 4) is 11.3 Å². The Morgan fingerprint density at radius 1 is 1.47 bits per heavy atom. The van der Waals surface area contributed by atoms with Gasteiger partial charge in [0.05, 0.1) is 10.7 Å². The Morgan fingerprint density at radius 2 is 2.18 bits per heavy atom. The van der Waals surface area contributed by atoms with Gasteiger partial charge in [0.15, 0.2) is 10.6 Å². The molecule has 0 spiro atoms. The summed E-state index contributed by atoms with van der Waals surface area (Å²) in [6.07, 6.45) is 1.60. The van der Waals surface area contributed by atoms with Crippen molar-refractivity contribution in [2.75, 3.05) is 0 Å². The minimum absolute atomic E-state index is 0.0537. The normalized spacial score (nSPS) is 10.6. The van der Waals surface area contributed by atoms with Crippen LogP contribution in [0.15, 0.2) is 22.8 Å². The predicted molar refractivity (Wildman–Crippen MR) is 72.3 cm³/mol. The van der Waals surface area contributed by atoms with Crippen LogP contribution in [0, 0.1) is 17.5 Å². The highest BCUT2D eigenvalue weighted by Crippen LogP contribution is 2.33. The molecule has 2 rings (SSSR count). The number of nitrogens with one attached hydrogen (secondary N) is 1. The maximum absolute atomic E-state index is 14.0. The fourth-order valence-corrected chi connectivity index (χ4v) is 2.08. The summed E-state index contributed by atoms with van der Waals surface area (Å²) in [4.78, 5) is 6.80. The van der Waals surface area contributed by atoms with Gasteiger partial charge in [0.2, 0.25) is 0 Å². The maximum atomic E-state index is 14.0. The Balaban J connectivity index is 2.73. The smallest absolute Gasteiger partial charge is 0.197 e. The van der Waals surface area contributed by atoms with E-state index < -0.39 is 5.82 Å². The third-order valence-corrected chi connectivity index (χ3v) is 3.77. The number of aryl methyl sites for hydroxylation is 1. The Labute approximate surface area is 116 Å². The Kier molecular flexibility index (Phi) is 3.61. The molecule has 88 valence electrons. The van der Waals surface area contributed by atoms with Crippen LogP contribution in [0.25, 0.3) is 11.3 Å². The lowest BCUT2D eigenvalue weighted by atomic mass is 10.1. The van der Waals surface area contributed by atoms with Gasteiger partial charge in [-0.1, -0.05) is 11.6 Å². The second kappa shape index (κ2) is 4.84. The van der Waals surface area contributed by atoms with Crippen molar-refractivity contribution >= 4 is 39.7 Å². The van der Waals surface area contributed by atoms with E-state index in [0.29, 0.717) is 20.5 Å². The molecule has 0 saturated heterocycles. The molecule has 0 radical (unpaired) electrons. The fraction of sp³-hybridized carbons (Fsp3) is 0.0909. The summed E-state index contributed by atoms with van der Waals surface area (Å²) in [5.74, 6) is -0.485. The Morgan fingerprint density at radius 3 is 2.88 bits per heavy atom. The van der Waals surface area contributed by atoms with E-state index in [4.69, 9.17) is 23.8 Å². The van der Waals surface area contributed by atoms with Gasteiger partial charge >= 0.3 is 0 Å². The van der Waals surface area contributed by atoms with E-state index in [1.54, 1.807) is 18.3 Å². The van der Waals surface area contributed by atoms with E-state index in [1.165, 1.54) is 0 Å². The molecule has 1 aromatic carbocycles. The first-order valence-electron chi connectivity index (χ1n) is 4.70. The summed E-state index contributed by atoms with van der Waals surface area (Å²) in [7, 11) is 0. The summed E-state index contributed by atoms with van der Waals surface area (Å²) >= 11 is 13.9. The van der Waals surface area contributed by atoms with Gasteiger partial charge in [-0.2, -0.15) is 0 Å². The van der Waals surface area contributed by atoms with E-state index in [9.17, 15) is 4.39 Å². The molecule has 2 nitrogen and oxygen atoms in total. The van der Waals surface area contributed by atoms with Crippen LogP contribution in [0.4, 0.5) is 4.39 Å². The molecule has 1 heterocycles. The lowest BCUT2D eigenvalue weighted by Gasteiger charge is -2.08. The van der Waals surface area contributed by atoms with Crippen LogP contribution in [0.3, 0.4) is 0 Å². The highest BCUT2D eigenvalue weighted by Gasteiger charge is 2.13. The van der Waals surface area contributed by atoms with Crippen LogP contribution in [0.5, 0.6) is 0 Å². The van der Waals surface area contributed by atoms with E-state index >= 15 is 0 Å². The molecule has 0 aliphatic carbocycles. The summed E-state index contributed by atoms with van der Waals surface area (Å²) < 4.78 is 14.9. The largest absolute Gasteiger partial charge is 0.330 e. The summed E-state index contributed by atoms with van der Waals surface area (Å²) in [5, 5.41) is 0.0537. The molecular weight excluding hydrogens is 327 g/mol. The number of aromatic nitrogens is 2. The molecule has 6 heteroatoms. The van der Waals surface area contributed by atoms with Crippen molar-refractivity contribution in [1.82, 2.24) is 9.97 Å². The molecule has 0 unspecified atom stereocenters. The fourth-order valence-electron chi connectivity index (χ4n) is 1.46. The van der Waals surface area contributed by atoms with E-state index in [1.807, 2.05) is 6.92 Å². The third-order valence-electron chi connectivity index (χ3n) is 2.31. The standard InChI is InChI=1S/C11H7BrClFN2S/c1-5-4-15-11(17)16-10(5)6-2-3-7(12)8(13)9(6)14/h2-4H,1H3,(H,15,16,17). The van der Waals surface area contributed by atoms with Crippen LogP contribution >= 0.6 is 39.7 Å². The Hall–Kier alpha value is -0.780. The maximum Gasteiger partial charge on any atom is 0.197 e. The van der Waals surface area contributed by atoms with Crippen LogP contribution in [0.1, 0.15) is 5.56 Å². The minimum Gasteiger partial charge on any atom is -0.330 e. The second-order valence-corrected chi connectivity index (χ2v) is 5.09. The molecule has 1 aromatic heterocycles. The van der Waals surface area contributed by atoms with Crippen molar-refractivity contribution < 1.29 is 4.39 Å². The molecule has 17 heavy (non-hydrogen) atoms. The molecule has 0 fully saturated rings. The zero-order valence-electron chi connectivity index (χ0n) is 8.72. The number of nitrogens with zero attached hydrogens (tertiary/aromatic N) is 1. The highest BCUT2D eigenvalue weighted by atomic mass is 79.9. The van der Waals surface area contributed by atoms with Gasteiger partial charge in [0.1, 0.15) is 0 Å². The predicted octanol–water partition coefficient (Wildman–Crippen LogP) is 4.67. The minimum atomic E-state index is -0.485. The number of aromatic amines is 1. The van der Waals surface area contributed by atoms with Gasteiger partial charge in [-0.15, -0.1) is 0 Å². The van der Waals surface area contributed by atoms with Crippen LogP contribution in [0.2, 0.25) is 5.02 Å². The monoisotopic (exact) mass is 332 g/mol. The first-order chi connectivity index (χ1) is 8.00. The van der Waals surface area contributed by atoms with Crippen molar-refractivity contribution in [2.24, 2.45) is 0 Å². The zero-order chi connectivity index (χ0) is 12.6. The van der Waals surface area contributed by atoms with E-state index in [2.05, 4.69) is 25.9 Å². The average Bonchev–Trinajstić information content (AvgIpc) is 2.30. The molecule has 2 aromatic rings. The van der Waals surface area contributed by atoms with Crippen molar-refractivity contribution in [3.63, 3.8) is 0 Å². The summed E-state index contributed by atoms with van der Waals surface area (Å²) in [6.45, 7) is 1.82.